The zero-order valence-corrected chi connectivity index (χ0v) is 15.2. The number of carbonyl (C=O) groups excluding carboxylic acids is 1. The molecule has 140 valence electrons. The van der Waals surface area contributed by atoms with Crippen LogP contribution in [-0.2, 0) is 6.54 Å². The van der Waals surface area contributed by atoms with E-state index in [1.54, 1.807) is 42.6 Å². The fraction of sp³-hybridized carbons (Fsp3) is 0.286. The van der Waals surface area contributed by atoms with Crippen LogP contribution in [0.4, 0.5) is 4.39 Å². The number of nitrogens with zero attached hydrogens (tertiary/aromatic N) is 2. The van der Waals surface area contributed by atoms with Crippen molar-refractivity contribution in [1.29, 1.82) is 0 Å². The number of amides is 1. The van der Waals surface area contributed by atoms with Gasteiger partial charge in [-0.05, 0) is 30.7 Å². The smallest absolute Gasteiger partial charge is 0.265 e. The highest BCUT2D eigenvalue weighted by molar-refractivity contribution is 5.96. The fourth-order valence-electron chi connectivity index (χ4n) is 2.98. The summed E-state index contributed by atoms with van der Waals surface area (Å²) in [5.41, 5.74) is 0.362. The van der Waals surface area contributed by atoms with Crippen molar-refractivity contribution < 1.29 is 9.18 Å². The van der Waals surface area contributed by atoms with Crippen molar-refractivity contribution >= 4 is 16.9 Å². The molecule has 2 aromatic heterocycles. The van der Waals surface area contributed by atoms with Gasteiger partial charge in [-0.3, -0.25) is 14.2 Å². The Labute approximate surface area is 156 Å². The highest BCUT2D eigenvalue weighted by atomic mass is 19.1. The van der Waals surface area contributed by atoms with Crippen molar-refractivity contribution in [2.75, 3.05) is 6.54 Å². The zero-order valence-electron chi connectivity index (χ0n) is 15.2. The Morgan fingerprint density at radius 3 is 2.78 bits per heavy atom. The second kappa shape index (κ2) is 8.58. The first-order valence-electron chi connectivity index (χ1n) is 9.12. The van der Waals surface area contributed by atoms with Gasteiger partial charge in [0.1, 0.15) is 17.0 Å². The lowest BCUT2D eigenvalue weighted by atomic mass is 10.1. The summed E-state index contributed by atoms with van der Waals surface area (Å²) in [7, 11) is 0. The van der Waals surface area contributed by atoms with E-state index in [0.717, 1.165) is 19.3 Å². The molecular formula is C21H22FN3O2. The van der Waals surface area contributed by atoms with Gasteiger partial charge in [-0.25, -0.2) is 9.37 Å². The molecule has 0 spiro atoms. The van der Waals surface area contributed by atoms with Gasteiger partial charge >= 0.3 is 0 Å². The van der Waals surface area contributed by atoms with Crippen LogP contribution in [-0.4, -0.2) is 22.0 Å². The molecule has 2 heterocycles. The summed E-state index contributed by atoms with van der Waals surface area (Å²) in [6.45, 7) is 2.61. The van der Waals surface area contributed by atoms with E-state index in [-0.39, 0.29) is 12.1 Å². The van der Waals surface area contributed by atoms with Crippen LogP contribution in [0, 0.1) is 5.82 Å². The van der Waals surface area contributed by atoms with Crippen LogP contribution in [0.3, 0.4) is 0 Å². The van der Waals surface area contributed by atoms with Crippen LogP contribution in [0.2, 0.25) is 0 Å². The average molecular weight is 367 g/mol. The summed E-state index contributed by atoms with van der Waals surface area (Å²) < 4.78 is 15.4. The van der Waals surface area contributed by atoms with Gasteiger partial charge < -0.3 is 5.32 Å². The van der Waals surface area contributed by atoms with Gasteiger partial charge in [-0.2, -0.15) is 0 Å². The Balaban J connectivity index is 2.01. The number of benzene rings is 1. The number of hydrogen-bond donors (Lipinski definition) is 1. The molecule has 1 aromatic carbocycles. The summed E-state index contributed by atoms with van der Waals surface area (Å²) in [5, 5.41) is 3.45. The number of halogens is 1. The summed E-state index contributed by atoms with van der Waals surface area (Å²) >= 11 is 0. The molecule has 0 aliphatic carbocycles. The Hall–Kier alpha value is -3.02. The third kappa shape index (κ3) is 4.22. The Bertz CT molecular complexity index is 1010. The standard InChI is InChI=1S/C21H22FN3O2/c1-2-3-6-11-24-20(26)17-13-15-9-7-12-23-19(15)25(21(17)27)14-16-8-4-5-10-18(16)22/h4-5,7-10,12-13H,2-3,6,11,14H2,1H3,(H,24,26). The van der Waals surface area contributed by atoms with E-state index in [1.165, 1.54) is 10.6 Å². The van der Waals surface area contributed by atoms with Crippen LogP contribution in [0.1, 0.15) is 42.1 Å². The lowest BCUT2D eigenvalue weighted by Gasteiger charge is -2.13. The molecule has 6 heteroatoms. The number of aromatic nitrogens is 2. The SMILES string of the molecule is CCCCCNC(=O)c1cc2cccnc2n(Cc2ccccc2F)c1=O. The van der Waals surface area contributed by atoms with Gasteiger partial charge in [-0.1, -0.05) is 38.0 Å². The second-order valence-corrected chi connectivity index (χ2v) is 6.42. The molecule has 0 aliphatic heterocycles. The Kier molecular flexibility index (Phi) is 5.96. The maximum absolute atomic E-state index is 14.1. The van der Waals surface area contributed by atoms with Crippen molar-refractivity contribution in [2.24, 2.45) is 0 Å². The maximum Gasteiger partial charge on any atom is 0.265 e. The first kappa shape index (κ1) is 18.8. The Morgan fingerprint density at radius 2 is 2.00 bits per heavy atom. The third-order valence-corrected chi connectivity index (χ3v) is 4.44. The zero-order chi connectivity index (χ0) is 19.2. The van der Waals surface area contributed by atoms with Gasteiger partial charge in [0.15, 0.2) is 0 Å². The van der Waals surface area contributed by atoms with Crippen molar-refractivity contribution in [2.45, 2.75) is 32.7 Å². The van der Waals surface area contributed by atoms with Crippen LogP contribution in [0.5, 0.6) is 0 Å². The topological polar surface area (TPSA) is 64.0 Å². The van der Waals surface area contributed by atoms with Crippen LogP contribution < -0.4 is 10.9 Å². The number of unbranched alkanes of at least 4 members (excludes halogenated alkanes) is 2. The predicted octanol–water partition coefficient (Wildman–Crippen LogP) is 3.50. The van der Waals surface area contributed by atoms with Crippen LogP contribution in [0.15, 0.2) is 53.5 Å². The van der Waals surface area contributed by atoms with Crippen molar-refractivity contribution in [1.82, 2.24) is 14.9 Å². The monoisotopic (exact) mass is 367 g/mol. The first-order chi connectivity index (χ1) is 13.1. The highest BCUT2D eigenvalue weighted by Gasteiger charge is 2.17. The lowest BCUT2D eigenvalue weighted by molar-refractivity contribution is 0.0951. The molecule has 1 N–H and O–H groups in total. The van der Waals surface area contributed by atoms with E-state index in [4.69, 9.17) is 0 Å². The van der Waals surface area contributed by atoms with Crippen LogP contribution >= 0.6 is 0 Å². The van der Waals surface area contributed by atoms with E-state index in [0.29, 0.717) is 23.1 Å². The molecule has 5 nitrogen and oxygen atoms in total. The molecule has 0 saturated carbocycles. The van der Waals surface area contributed by atoms with Gasteiger partial charge in [-0.15, -0.1) is 0 Å². The molecule has 0 saturated heterocycles. The van der Waals surface area contributed by atoms with E-state index < -0.39 is 17.3 Å². The second-order valence-electron chi connectivity index (χ2n) is 6.42. The molecule has 0 radical (unpaired) electrons. The fourth-order valence-corrected chi connectivity index (χ4v) is 2.98. The predicted molar refractivity (Wildman–Crippen MR) is 103 cm³/mol. The Morgan fingerprint density at radius 1 is 1.19 bits per heavy atom. The van der Waals surface area contributed by atoms with Gasteiger partial charge in [0.2, 0.25) is 0 Å². The number of carbonyl (C=O) groups is 1. The molecular weight excluding hydrogens is 345 g/mol. The maximum atomic E-state index is 14.1. The first-order valence-corrected chi connectivity index (χ1v) is 9.12. The van der Waals surface area contributed by atoms with Gasteiger partial charge in [0.25, 0.3) is 11.5 Å². The van der Waals surface area contributed by atoms with E-state index in [2.05, 4.69) is 17.2 Å². The van der Waals surface area contributed by atoms with E-state index in [9.17, 15) is 14.0 Å². The number of nitrogens with one attached hydrogen (secondary N) is 1. The summed E-state index contributed by atoms with van der Waals surface area (Å²) in [6, 6.07) is 11.4. The average Bonchev–Trinajstić information content (AvgIpc) is 2.68. The highest BCUT2D eigenvalue weighted by Crippen LogP contribution is 2.14. The minimum Gasteiger partial charge on any atom is -0.352 e. The summed E-state index contributed by atoms with van der Waals surface area (Å²) in [6.07, 6.45) is 4.50. The largest absolute Gasteiger partial charge is 0.352 e. The molecule has 3 aromatic rings. The van der Waals surface area contributed by atoms with Crippen molar-refractivity contribution in [3.8, 4) is 0 Å². The molecule has 0 fully saturated rings. The van der Waals surface area contributed by atoms with Crippen LogP contribution in [0.25, 0.3) is 11.0 Å². The molecule has 0 unspecified atom stereocenters. The normalized spacial score (nSPS) is 10.9. The molecule has 27 heavy (non-hydrogen) atoms. The molecule has 0 bridgehead atoms. The molecule has 3 rings (SSSR count). The minimum atomic E-state index is -0.475. The lowest BCUT2D eigenvalue weighted by Crippen LogP contribution is -2.34. The van der Waals surface area contributed by atoms with Crippen molar-refractivity contribution in [3.63, 3.8) is 0 Å². The number of hydrogen-bond acceptors (Lipinski definition) is 3. The van der Waals surface area contributed by atoms with Crippen molar-refractivity contribution in [3.05, 3.63) is 76.0 Å². The quantitative estimate of drug-likeness (QED) is 0.650. The number of rotatable bonds is 7. The molecule has 1 amide bonds. The number of pyridine rings is 2. The van der Waals surface area contributed by atoms with E-state index >= 15 is 0 Å². The summed E-state index contributed by atoms with van der Waals surface area (Å²) in [5.74, 6) is -0.813. The molecule has 0 aliphatic rings. The van der Waals surface area contributed by atoms with E-state index in [1.807, 2.05) is 0 Å². The minimum absolute atomic E-state index is 0.00990. The van der Waals surface area contributed by atoms with Gasteiger partial charge in [0.05, 0.1) is 6.54 Å². The third-order valence-electron chi connectivity index (χ3n) is 4.44. The van der Waals surface area contributed by atoms with Gasteiger partial charge in [0, 0.05) is 23.7 Å². The number of fused-ring (bicyclic) bond motifs is 1. The summed E-state index contributed by atoms with van der Waals surface area (Å²) in [4.78, 5) is 29.8. The molecule has 0 atom stereocenters.